The minimum absolute atomic E-state index is 0.0471. The molecule has 2 fully saturated rings. The molecule has 46 heavy (non-hydrogen) atoms. The van der Waals surface area contributed by atoms with Crippen LogP contribution < -0.4 is 4.74 Å². The molecule has 240 valence electrons. The van der Waals surface area contributed by atoms with E-state index in [0.717, 1.165) is 49.4 Å². The predicted octanol–water partition coefficient (Wildman–Crippen LogP) is 6.44. The quantitative estimate of drug-likeness (QED) is 0.166. The Labute approximate surface area is 265 Å². The second-order valence-electron chi connectivity index (χ2n) is 11.4. The number of nitrogens with zero attached hydrogens (tertiary/aromatic N) is 7. The topological polar surface area (TPSA) is 104 Å². The highest BCUT2D eigenvalue weighted by Crippen LogP contribution is 2.32. The number of pyridine rings is 2. The van der Waals surface area contributed by atoms with Crippen molar-refractivity contribution < 1.29 is 31.6 Å². The molecule has 0 N–H and O–H groups in total. The van der Waals surface area contributed by atoms with Gasteiger partial charge in [0, 0.05) is 34.9 Å². The molecule has 0 amide bonds. The molecule has 0 radical (unpaired) electrons. The second-order valence-corrected chi connectivity index (χ2v) is 11.8. The highest BCUT2D eigenvalue weighted by atomic mass is 35.5. The van der Waals surface area contributed by atoms with Crippen molar-refractivity contribution >= 4 is 22.6 Å². The summed E-state index contributed by atoms with van der Waals surface area (Å²) in [6.07, 6.45) is -0.421. The van der Waals surface area contributed by atoms with Crippen molar-refractivity contribution in [2.75, 3.05) is 19.7 Å². The first kappa shape index (κ1) is 30.5. The molecule has 1 aromatic carbocycles. The molecular weight excluding hydrogens is 630 g/mol. The van der Waals surface area contributed by atoms with Gasteiger partial charge in [-0.05, 0) is 56.6 Å². The molecule has 0 bridgehead atoms. The lowest BCUT2D eigenvalue weighted by Crippen LogP contribution is -2.35. The zero-order chi connectivity index (χ0) is 31.8. The predicted molar refractivity (Wildman–Crippen MR) is 157 cm³/mol. The molecule has 6 heterocycles. The molecule has 2 saturated heterocycles. The van der Waals surface area contributed by atoms with Gasteiger partial charge in [-0.25, -0.2) is 14.4 Å². The molecule has 4 aromatic heterocycles. The van der Waals surface area contributed by atoms with Crippen LogP contribution in [0.4, 0.5) is 17.6 Å². The van der Waals surface area contributed by atoms with Gasteiger partial charge in [0.1, 0.15) is 23.9 Å². The van der Waals surface area contributed by atoms with Crippen LogP contribution in [-0.4, -0.2) is 60.4 Å². The molecule has 7 rings (SSSR count). The maximum atomic E-state index is 14.2. The summed E-state index contributed by atoms with van der Waals surface area (Å²) in [7, 11) is 0. The van der Waals surface area contributed by atoms with Gasteiger partial charge >= 0.3 is 12.1 Å². The van der Waals surface area contributed by atoms with Gasteiger partial charge < -0.3 is 18.6 Å². The van der Waals surface area contributed by atoms with E-state index < -0.39 is 17.9 Å². The summed E-state index contributed by atoms with van der Waals surface area (Å²) in [5.74, 6) is -0.621. The zero-order valence-electron chi connectivity index (χ0n) is 24.4. The lowest BCUT2D eigenvalue weighted by molar-refractivity contribution is -0.159. The highest BCUT2D eigenvalue weighted by molar-refractivity contribution is 6.30. The van der Waals surface area contributed by atoms with Crippen LogP contribution in [0, 0.1) is 5.82 Å². The second kappa shape index (κ2) is 12.6. The first-order chi connectivity index (χ1) is 22.2. The van der Waals surface area contributed by atoms with Crippen molar-refractivity contribution in [2.24, 2.45) is 0 Å². The third kappa shape index (κ3) is 6.55. The van der Waals surface area contributed by atoms with Crippen LogP contribution in [-0.2, 0) is 30.6 Å². The Hall–Kier alpha value is -4.14. The number of benzene rings is 1. The Kier molecular flexibility index (Phi) is 8.34. The largest absolute Gasteiger partial charge is 0.473 e. The van der Waals surface area contributed by atoms with E-state index in [9.17, 15) is 17.6 Å². The van der Waals surface area contributed by atoms with Gasteiger partial charge in [-0.3, -0.25) is 9.88 Å². The summed E-state index contributed by atoms with van der Waals surface area (Å²) >= 11 is 5.85. The number of hydrogen-bond donors (Lipinski definition) is 0. The summed E-state index contributed by atoms with van der Waals surface area (Å²) in [5.41, 5.74) is 2.80. The molecule has 15 heteroatoms. The lowest BCUT2D eigenvalue weighted by Gasteiger charge is -2.32. The normalized spacial score (nSPS) is 17.8. The Morgan fingerprint density at radius 3 is 2.57 bits per heavy atom. The van der Waals surface area contributed by atoms with Gasteiger partial charge in [0.25, 0.3) is 0 Å². The van der Waals surface area contributed by atoms with Crippen molar-refractivity contribution in [1.82, 2.24) is 34.6 Å². The Balaban J connectivity index is 1.03. The number of aromatic nitrogens is 6. The van der Waals surface area contributed by atoms with E-state index in [2.05, 4.69) is 29.1 Å². The molecule has 0 saturated carbocycles. The summed E-state index contributed by atoms with van der Waals surface area (Å²) in [4.78, 5) is 19.7. The molecule has 2 aliphatic heterocycles. The first-order valence-electron chi connectivity index (χ1n) is 14.8. The summed E-state index contributed by atoms with van der Waals surface area (Å²) in [6.45, 7) is 3.55. The summed E-state index contributed by atoms with van der Waals surface area (Å²) in [6, 6.07) is 11.7. The van der Waals surface area contributed by atoms with Gasteiger partial charge in [-0.15, -0.1) is 0 Å². The van der Waals surface area contributed by atoms with E-state index in [0.29, 0.717) is 41.7 Å². The number of alkyl halides is 3. The summed E-state index contributed by atoms with van der Waals surface area (Å²) < 4.78 is 71.1. The van der Waals surface area contributed by atoms with Crippen LogP contribution in [0.2, 0.25) is 5.02 Å². The van der Waals surface area contributed by atoms with Gasteiger partial charge in [-0.1, -0.05) is 28.9 Å². The van der Waals surface area contributed by atoms with Crippen molar-refractivity contribution in [3.05, 3.63) is 82.5 Å². The van der Waals surface area contributed by atoms with Gasteiger partial charge in [0.05, 0.1) is 36.4 Å². The number of piperidine rings is 1. The zero-order valence-corrected chi connectivity index (χ0v) is 25.1. The smallest absolute Gasteiger partial charge is 0.471 e. The maximum absolute atomic E-state index is 14.2. The fraction of sp³-hybridized carbons (Fsp3) is 0.387. The number of hydrogen-bond acceptors (Lipinski definition) is 9. The molecule has 1 atom stereocenters. The van der Waals surface area contributed by atoms with E-state index >= 15 is 0 Å². The van der Waals surface area contributed by atoms with E-state index in [1.54, 1.807) is 30.5 Å². The number of halogens is 5. The third-order valence-electron chi connectivity index (χ3n) is 8.30. The molecule has 10 nitrogen and oxygen atoms in total. The summed E-state index contributed by atoms with van der Waals surface area (Å²) in [5, 5.41) is 3.79. The van der Waals surface area contributed by atoms with Gasteiger partial charge in [-0.2, -0.15) is 18.2 Å². The van der Waals surface area contributed by atoms with E-state index in [1.807, 2.05) is 12.1 Å². The molecule has 5 aromatic rings. The van der Waals surface area contributed by atoms with E-state index in [-0.39, 0.29) is 30.1 Å². The monoisotopic (exact) mass is 657 g/mol. The lowest BCUT2D eigenvalue weighted by atomic mass is 9.93. The van der Waals surface area contributed by atoms with Crippen LogP contribution in [0.15, 0.2) is 53.2 Å². The standard InChI is InChI=1S/C31H28ClF4N7O3/c32-20-5-4-19(22(33)12-20)17-45-28-3-1-2-23(39-28)18-6-9-42(10-7-18)16-27-38-24-13-25(29-40-30(46-41-29)31(34,35)36)37-14-26(24)43(27)15-21-8-11-44-21/h1-5,12-14,18,21H,6-11,15-17H2/t21-/m0/s1. The average Bonchev–Trinajstić information content (AvgIpc) is 3.64. The number of likely N-dealkylation sites (tertiary alicyclic amines) is 1. The van der Waals surface area contributed by atoms with Crippen molar-refractivity contribution in [1.29, 1.82) is 0 Å². The van der Waals surface area contributed by atoms with Crippen LogP contribution >= 0.6 is 11.6 Å². The SMILES string of the molecule is Fc1cc(Cl)ccc1COc1cccc(C2CCN(Cc3nc4cc(-c5noc(C(F)(F)F)n5)ncc4n3C[C@@H]3CCO3)CC2)n1. The Morgan fingerprint density at radius 2 is 1.85 bits per heavy atom. The molecule has 0 spiro atoms. The van der Waals surface area contributed by atoms with Crippen molar-refractivity contribution in [3.8, 4) is 17.4 Å². The fourth-order valence-corrected chi connectivity index (χ4v) is 5.87. The Morgan fingerprint density at radius 1 is 1.02 bits per heavy atom. The minimum atomic E-state index is -4.74. The van der Waals surface area contributed by atoms with E-state index in [1.165, 1.54) is 6.07 Å². The van der Waals surface area contributed by atoms with Crippen LogP contribution in [0.25, 0.3) is 22.6 Å². The number of ether oxygens (including phenoxy) is 2. The van der Waals surface area contributed by atoms with E-state index in [4.69, 9.17) is 31.0 Å². The third-order valence-corrected chi connectivity index (χ3v) is 8.53. The Bertz CT molecular complexity index is 1850. The highest BCUT2D eigenvalue weighted by Gasteiger charge is 2.38. The molecule has 0 aliphatic carbocycles. The first-order valence-corrected chi connectivity index (χ1v) is 15.2. The van der Waals surface area contributed by atoms with Crippen LogP contribution in [0.1, 0.15) is 48.2 Å². The number of rotatable bonds is 9. The number of fused-ring (bicyclic) bond motifs is 1. The molecule has 2 aliphatic rings. The maximum Gasteiger partial charge on any atom is 0.471 e. The van der Waals surface area contributed by atoms with Gasteiger partial charge in [0.15, 0.2) is 0 Å². The minimum Gasteiger partial charge on any atom is -0.473 e. The average molecular weight is 658 g/mol. The van der Waals surface area contributed by atoms with Crippen LogP contribution in [0.5, 0.6) is 5.88 Å². The number of imidazole rings is 1. The fourth-order valence-electron chi connectivity index (χ4n) is 5.71. The molecular formula is C31H28ClF4N7O3. The van der Waals surface area contributed by atoms with Gasteiger partial charge in [0.2, 0.25) is 11.7 Å². The molecule has 0 unspecified atom stereocenters. The van der Waals surface area contributed by atoms with Crippen molar-refractivity contribution in [2.45, 2.75) is 57.2 Å². The van der Waals surface area contributed by atoms with Crippen LogP contribution in [0.3, 0.4) is 0 Å². The van der Waals surface area contributed by atoms with Crippen molar-refractivity contribution in [3.63, 3.8) is 0 Å².